The lowest BCUT2D eigenvalue weighted by Gasteiger charge is -2.29. The van der Waals surface area contributed by atoms with Crippen molar-refractivity contribution in [2.24, 2.45) is 0 Å². The summed E-state index contributed by atoms with van der Waals surface area (Å²) >= 11 is 0. The first-order valence-electron chi connectivity index (χ1n) is 20.7. The van der Waals surface area contributed by atoms with Gasteiger partial charge in [-0.15, -0.1) is 0 Å². The highest BCUT2D eigenvalue weighted by molar-refractivity contribution is 7.45. The van der Waals surface area contributed by atoms with E-state index in [4.69, 9.17) is 9.05 Å². The summed E-state index contributed by atoms with van der Waals surface area (Å²) in [6.45, 7) is 4.58. The van der Waals surface area contributed by atoms with E-state index in [-0.39, 0.29) is 19.1 Å². The standard InChI is InChI=1S/C41H81N2O6P/c1-6-8-10-12-14-16-17-18-19-20-21-22-23-24-25-27-28-30-32-34-40(44)39(38-49-50(46,47)48-37-36-43(3,4)5)42-41(45)35-33-31-29-26-15-13-11-9-7-2/h26,29,32,34,39-40,44H,6-25,27-28,30-31,33,35-38H2,1-5H3,(H-,42,45,46,47)/b29-26-,34-32+. The van der Waals surface area contributed by atoms with Gasteiger partial charge in [-0.1, -0.05) is 160 Å². The fourth-order valence-electron chi connectivity index (χ4n) is 5.80. The Kier molecular flexibility index (Phi) is 33.1. The summed E-state index contributed by atoms with van der Waals surface area (Å²) < 4.78 is 23.1. The van der Waals surface area contributed by atoms with Crippen LogP contribution in [-0.2, 0) is 18.4 Å². The Morgan fingerprint density at radius 1 is 0.680 bits per heavy atom. The molecule has 0 fully saturated rings. The molecule has 0 radical (unpaired) electrons. The van der Waals surface area contributed by atoms with Crippen LogP contribution < -0.4 is 10.2 Å². The van der Waals surface area contributed by atoms with Crippen molar-refractivity contribution in [2.75, 3.05) is 40.9 Å². The Morgan fingerprint density at radius 2 is 1.10 bits per heavy atom. The Labute approximate surface area is 309 Å². The molecule has 0 aliphatic carbocycles. The molecular weight excluding hydrogens is 647 g/mol. The lowest BCUT2D eigenvalue weighted by molar-refractivity contribution is -0.870. The molecule has 0 aromatic rings. The zero-order valence-electron chi connectivity index (χ0n) is 33.4. The predicted octanol–water partition coefficient (Wildman–Crippen LogP) is 10.3. The van der Waals surface area contributed by atoms with E-state index in [0.29, 0.717) is 23.9 Å². The first-order chi connectivity index (χ1) is 24.0. The summed E-state index contributed by atoms with van der Waals surface area (Å²) in [5.41, 5.74) is 0. The molecule has 3 atom stereocenters. The molecule has 0 saturated carbocycles. The number of hydrogen-bond donors (Lipinski definition) is 2. The number of carbonyl (C=O) groups is 1. The molecule has 0 spiro atoms. The Bertz CT molecular complexity index is 876. The maximum Gasteiger partial charge on any atom is 0.268 e. The van der Waals surface area contributed by atoms with Crippen LogP contribution in [0.2, 0.25) is 0 Å². The molecular formula is C41H81N2O6P. The Hall–Kier alpha value is -1.02. The number of rotatable bonds is 37. The van der Waals surface area contributed by atoms with Crippen LogP contribution in [0.5, 0.6) is 0 Å². The number of hydrogen-bond acceptors (Lipinski definition) is 6. The van der Waals surface area contributed by atoms with Crippen molar-refractivity contribution in [1.29, 1.82) is 0 Å². The van der Waals surface area contributed by atoms with Gasteiger partial charge in [0.25, 0.3) is 7.82 Å². The number of nitrogens with zero attached hydrogens (tertiary/aromatic N) is 1. The molecule has 0 aliphatic rings. The largest absolute Gasteiger partial charge is 0.756 e. The third-order valence-corrected chi connectivity index (χ3v) is 10.1. The van der Waals surface area contributed by atoms with E-state index in [2.05, 4.69) is 31.3 Å². The molecule has 50 heavy (non-hydrogen) atoms. The fraction of sp³-hybridized carbons (Fsp3) is 0.878. The summed E-state index contributed by atoms with van der Waals surface area (Å²) in [6.07, 6.45) is 38.1. The molecule has 8 nitrogen and oxygen atoms in total. The second-order valence-corrected chi connectivity index (χ2v) is 16.8. The van der Waals surface area contributed by atoms with Crippen LogP contribution >= 0.6 is 7.82 Å². The summed E-state index contributed by atoms with van der Waals surface area (Å²) in [5.74, 6) is -0.234. The molecule has 0 bridgehead atoms. The number of amides is 1. The summed E-state index contributed by atoms with van der Waals surface area (Å²) in [6, 6.07) is -0.896. The maximum absolute atomic E-state index is 12.7. The Balaban J connectivity index is 4.41. The van der Waals surface area contributed by atoms with Crippen LogP contribution in [0.25, 0.3) is 0 Å². The highest BCUT2D eigenvalue weighted by atomic mass is 31.2. The van der Waals surface area contributed by atoms with Gasteiger partial charge < -0.3 is 28.8 Å². The van der Waals surface area contributed by atoms with E-state index in [1.54, 1.807) is 6.08 Å². The van der Waals surface area contributed by atoms with Gasteiger partial charge in [0.2, 0.25) is 5.91 Å². The van der Waals surface area contributed by atoms with Gasteiger partial charge >= 0.3 is 0 Å². The van der Waals surface area contributed by atoms with Gasteiger partial charge in [0.05, 0.1) is 39.9 Å². The SMILES string of the molecule is CCCCCC/C=C\CCCC(=O)NC(COP(=O)([O-])OCC[N+](C)(C)C)C(O)/C=C/CCCCCCCCCCCCCCCCCCC. The van der Waals surface area contributed by atoms with Gasteiger partial charge in [-0.05, 0) is 38.5 Å². The number of aliphatic hydroxyl groups excluding tert-OH is 1. The average Bonchev–Trinajstić information content (AvgIpc) is 3.06. The van der Waals surface area contributed by atoms with Crippen LogP contribution in [0, 0.1) is 0 Å². The lowest BCUT2D eigenvalue weighted by Crippen LogP contribution is -2.45. The molecule has 9 heteroatoms. The zero-order chi connectivity index (χ0) is 37.2. The van der Waals surface area contributed by atoms with Crippen LogP contribution in [0.3, 0.4) is 0 Å². The van der Waals surface area contributed by atoms with Crippen molar-refractivity contribution in [3.05, 3.63) is 24.3 Å². The first-order valence-corrected chi connectivity index (χ1v) is 22.2. The summed E-state index contributed by atoms with van der Waals surface area (Å²) in [4.78, 5) is 25.1. The van der Waals surface area contributed by atoms with Gasteiger partial charge in [-0.3, -0.25) is 9.36 Å². The second kappa shape index (κ2) is 33.8. The first kappa shape index (κ1) is 49.0. The predicted molar refractivity (Wildman–Crippen MR) is 210 cm³/mol. The van der Waals surface area contributed by atoms with Crippen molar-refractivity contribution in [3.8, 4) is 0 Å². The van der Waals surface area contributed by atoms with Crippen molar-refractivity contribution in [1.82, 2.24) is 5.32 Å². The number of quaternary nitrogens is 1. The molecule has 0 aromatic carbocycles. The number of aliphatic hydroxyl groups is 1. The topological polar surface area (TPSA) is 108 Å². The summed E-state index contributed by atoms with van der Waals surface area (Å²) in [7, 11) is 1.24. The molecule has 0 aromatic heterocycles. The van der Waals surface area contributed by atoms with Crippen LogP contribution in [0.15, 0.2) is 24.3 Å². The van der Waals surface area contributed by atoms with Crippen molar-refractivity contribution >= 4 is 13.7 Å². The fourth-order valence-corrected chi connectivity index (χ4v) is 6.52. The van der Waals surface area contributed by atoms with Crippen molar-refractivity contribution in [3.63, 3.8) is 0 Å². The average molecular weight is 729 g/mol. The maximum atomic E-state index is 12.7. The summed E-state index contributed by atoms with van der Waals surface area (Å²) in [5, 5.41) is 13.7. The highest BCUT2D eigenvalue weighted by Crippen LogP contribution is 2.38. The van der Waals surface area contributed by atoms with Crippen LogP contribution in [0.4, 0.5) is 0 Å². The van der Waals surface area contributed by atoms with Crippen molar-refractivity contribution < 1.29 is 32.9 Å². The van der Waals surface area contributed by atoms with E-state index < -0.39 is 20.0 Å². The van der Waals surface area contributed by atoms with Gasteiger partial charge in [-0.2, -0.15) is 0 Å². The molecule has 0 heterocycles. The zero-order valence-corrected chi connectivity index (χ0v) is 34.2. The molecule has 0 saturated heterocycles. The number of phosphoric acid groups is 1. The van der Waals surface area contributed by atoms with Gasteiger partial charge in [0.15, 0.2) is 0 Å². The quantitative estimate of drug-likeness (QED) is 0.0285. The number of unbranched alkanes of at least 4 members (excludes halogenated alkanes) is 22. The smallest absolute Gasteiger partial charge is 0.268 e. The van der Waals surface area contributed by atoms with Crippen LogP contribution in [-0.4, -0.2) is 68.5 Å². The molecule has 0 rings (SSSR count). The number of likely N-dealkylation sites (N-methyl/N-ethyl adjacent to an activating group) is 1. The lowest BCUT2D eigenvalue weighted by atomic mass is 10.0. The monoisotopic (exact) mass is 729 g/mol. The van der Waals surface area contributed by atoms with E-state index in [9.17, 15) is 19.4 Å². The molecule has 3 unspecified atom stereocenters. The van der Waals surface area contributed by atoms with Crippen LogP contribution in [0.1, 0.15) is 181 Å². The normalized spacial score (nSPS) is 14.8. The second-order valence-electron chi connectivity index (χ2n) is 15.3. The van der Waals surface area contributed by atoms with E-state index >= 15 is 0 Å². The molecule has 1 amide bonds. The van der Waals surface area contributed by atoms with Gasteiger partial charge in [0.1, 0.15) is 13.2 Å². The molecule has 2 N–H and O–H groups in total. The Morgan fingerprint density at radius 3 is 1.58 bits per heavy atom. The van der Waals surface area contributed by atoms with Crippen molar-refractivity contribution in [2.45, 2.75) is 193 Å². The number of allylic oxidation sites excluding steroid dienone is 3. The minimum absolute atomic E-state index is 0.00472. The van der Waals surface area contributed by atoms with Gasteiger partial charge in [-0.25, -0.2) is 0 Å². The third kappa shape index (κ3) is 35.4. The van der Waals surface area contributed by atoms with E-state index in [0.717, 1.165) is 32.1 Å². The third-order valence-electron chi connectivity index (χ3n) is 9.16. The number of nitrogens with one attached hydrogen (secondary N) is 1. The minimum Gasteiger partial charge on any atom is -0.756 e. The van der Waals surface area contributed by atoms with Gasteiger partial charge in [0, 0.05) is 6.42 Å². The minimum atomic E-state index is -4.58. The van der Waals surface area contributed by atoms with E-state index in [1.165, 1.54) is 122 Å². The van der Waals surface area contributed by atoms with E-state index in [1.807, 2.05) is 27.2 Å². The molecule has 296 valence electrons. The number of carbonyl (C=O) groups excluding carboxylic acids is 1. The number of phosphoric ester groups is 1. The highest BCUT2D eigenvalue weighted by Gasteiger charge is 2.23. The molecule has 0 aliphatic heterocycles.